The Morgan fingerprint density at radius 2 is 1.23 bits per heavy atom. The Morgan fingerprint density at radius 3 is 1.80 bits per heavy atom. The molecule has 4 aromatic carbocycles. The maximum absolute atomic E-state index is 15.0. The number of hydrogen-bond donors (Lipinski definition) is 2. The number of ether oxygens (including phenoxy) is 1. The molecular weight excluding hydrogens is 891 g/mol. The summed E-state index contributed by atoms with van der Waals surface area (Å²) in [5, 5.41) is 4.77. The first-order chi connectivity index (χ1) is 29.9. The molecule has 0 saturated carbocycles. The van der Waals surface area contributed by atoms with Gasteiger partial charge in [-0.2, -0.15) is 8.61 Å². The molecule has 2 aliphatic rings. The second-order valence-electron chi connectivity index (χ2n) is 18.8. The molecule has 3 amide bonds. The van der Waals surface area contributed by atoms with E-state index in [0.29, 0.717) is 11.3 Å². The van der Waals surface area contributed by atoms with Crippen LogP contribution in [0.1, 0.15) is 84.6 Å². The van der Waals surface area contributed by atoms with Crippen LogP contribution in [0.15, 0.2) is 113 Å². The third kappa shape index (κ3) is 10.7. The van der Waals surface area contributed by atoms with Crippen LogP contribution in [0.3, 0.4) is 0 Å². The summed E-state index contributed by atoms with van der Waals surface area (Å²) in [6.07, 6.45) is -0.972. The van der Waals surface area contributed by atoms with Gasteiger partial charge in [-0.1, -0.05) is 108 Å². The van der Waals surface area contributed by atoms with Gasteiger partial charge in [0, 0.05) is 37.7 Å². The standard InChI is InChI=1S/C47H59N5O8S4/c1-44(2,3)35-18-22-38(23-19-35)63(56,57)50-26-28-61-41(50)40(53)48-32-34-16-13-17-37(30-34)52(43(55)60-46(7,8)9)47(42(54)49-31-33-14-11-10-12-15-33)51(27-29-62-47)64(58,59)39-24-20-36(21-25-39)45(4,5)6/h10-25,30,41H,26-29,31-32H2,1-9H3,(H,48,53)(H,49,54). The average molecular weight is 950 g/mol. The lowest BCUT2D eigenvalue weighted by atomic mass is 9.87. The maximum atomic E-state index is 15.0. The van der Waals surface area contributed by atoms with E-state index < -0.39 is 53.9 Å². The first kappa shape index (κ1) is 49.1. The number of rotatable bonds is 12. The molecule has 0 bridgehead atoms. The highest BCUT2D eigenvalue weighted by atomic mass is 32.2. The normalized spacial score (nSPS) is 19.0. The van der Waals surface area contributed by atoms with E-state index >= 15 is 4.79 Å². The number of nitrogens with zero attached hydrogens (tertiary/aromatic N) is 3. The van der Waals surface area contributed by atoms with Crippen molar-refractivity contribution in [1.82, 2.24) is 19.2 Å². The van der Waals surface area contributed by atoms with Gasteiger partial charge in [0.25, 0.3) is 5.91 Å². The van der Waals surface area contributed by atoms with Crippen molar-refractivity contribution in [2.24, 2.45) is 0 Å². The number of benzene rings is 4. The summed E-state index contributed by atoms with van der Waals surface area (Å²) in [5.74, 6) is -0.702. The Morgan fingerprint density at radius 1 is 0.688 bits per heavy atom. The number of sulfonamides is 2. The van der Waals surface area contributed by atoms with Crippen LogP contribution in [0.4, 0.5) is 10.5 Å². The lowest BCUT2D eigenvalue weighted by Gasteiger charge is -2.43. The molecule has 0 spiro atoms. The van der Waals surface area contributed by atoms with Crippen LogP contribution in [0.25, 0.3) is 0 Å². The van der Waals surface area contributed by atoms with Crippen LogP contribution in [-0.4, -0.2) is 83.9 Å². The van der Waals surface area contributed by atoms with Crippen molar-refractivity contribution in [2.45, 2.75) is 112 Å². The Kier molecular flexibility index (Phi) is 14.4. The zero-order chi connectivity index (χ0) is 46.9. The molecule has 2 unspecified atom stereocenters. The molecule has 0 aromatic heterocycles. The van der Waals surface area contributed by atoms with Crippen LogP contribution in [0.2, 0.25) is 0 Å². The Bertz CT molecular complexity index is 2550. The second-order valence-corrected chi connectivity index (χ2v) is 25.0. The van der Waals surface area contributed by atoms with E-state index in [1.165, 1.54) is 28.2 Å². The molecule has 2 heterocycles. The van der Waals surface area contributed by atoms with Crippen LogP contribution in [-0.2, 0) is 58.3 Å². The monoisotopic (exact) mass is 949 g/mol. The molecule has 2 atom stereocenters. The number of anilines is 1. The molecule has 0 radical (unpaired) electrons. The molecule has 64 heavy (non-hydrogen) atoms. The Labute approximate surface area is 387 Å². The molecule has 2 aliphatic heterocycles. The molecule has 0 aliphatic carbocycles. The smallest absolute Gasteiger partial charge is 0.417 e. The zero-order valence-electron chi connectivity index (χ0n) is 37.9. The van der Waals surface area contributed by atoms with Gasteiger partial charge < -0.3 is 15.4 Å². The molecule has 6 rings (SSSR count). The van der Waals surface area contributed by atoms with E-state index in [4.69, 9.17) is 4.74 Å². The van der Waals surface area contributed by atoms with Gasteiger partial charge in [0.05, 0.1) is 15.5 Å². The molecular formula is C47H59N5O8S4. The van der Waals surface area contributed by atoms with Gasteiger partial charge in [-0.15, -0.1) is 23.5 Å². The summed E-state index contributed by atoms with van der Waals surface area (Å²) < 4.78 is 65.8. The topological polar surface area (TPSA) is 162 Å². The van der Waals surface area contributed by atoms with Crippen molar-refractivity contribution in [1.29, 1.82) is 0 Å². The summed E-state index contributed by atoms with van der Waals surface area (Å²) in [5.41, 5.74) is 1.80. The van der Waals surface area contributed by atoms with E-state index in [1.54, 1.807) is 81.4 Å². The summed E-state index contributed by atoms with van der Waals surface area (Å²) in [6, 6.07) is 28.9. The van der Waals surface area contributed by atoms with E-state index in [0.717, 1.165) is 37.7 Å². The fraction of sp³-hybridized carbons (Fsp3) is 0.426. The second kappa shape index (κ2) is 18.8. The van der Waals surface area contributed by atoms with Crippen molar-refractivity contribution >= 4 is 67.2 Å². The molecule has 344 valence electrons. The zero-order valence-corrected chi connectivity index (χ0v) is 41.1. The third-order valence-electron chi connectivity index (χ3n) is 10.8. The van der Waals surface area contributed by atoms with Crippen molar-refractivity contribution in [3.8, 4) is 0 Å². The SMILES string of the molecule is CC(C)(C)OC(=O)N(c1cccc(CNC(=O)C2SCCN2S(=O)(=O)c2ccc(C(C)(C)C)cc2)c1)C1(C(=O)NCc2ccccc2)SCCN1S(=O)(=O)c1ccc(C(C)(C)C)cc1. The minimum Gasteiger partial charge on any atom is -0.443 e. The highest BCUT2D eigenvalue weighted by Gasteiger charge is 2.61. The number of carbonyl (C=O) groups excluding carboxylic acids is 3. The first-order valence-electron chi connectivity index (χ1n) is 21.1. The Balaban J connectivity index is 1.36. The van der Waals surface area contributed by atoms with Gasteiger partial charge in [0.1, 0.15) is 11.0 Å². The molecule has 2 N–H and O–H groups in total. The summed E-state index contributed by atoms with van der Waals surface area (Å²) in [4.78, 5) is 42.5. The number of carbonyl (C=O) groups is 3. The summed E-state index contributed by atoms with van der Waals surface area (Å²) >= 11 is 2.22. The van der Waals surface area contributed by atoms with Gasteiger partial charge >= 0.3 is 6.09 Å². The molecule has 13 nitrogen and oxygen atoms in total. The highest BCUT2D eigenvalue weighted by Crippen LogP contribution is 2.46. The minimum absolute atomic E-state index is 0.0402. The van der Waals surface area contributed by atoms with Gasteiger partial charge in [-0.05, 0) is 90.3 Å². The van der Waals surface area contributed by atoms with E-state index in [-0.39, 0.29) is 58.2 Å². The number of hydrogen-bond acceptors (Lipinski definition) is 10. The third-order valence-corrected chi connectivity index (χ3v) is 17.4. The fourth-order valence-electron chi connectivity index (χ4n) is 7.34. The van der Waals surface area contributed by atoms with Crippen LogP contribution >= 0.6 is 23.5 Å². The predicted octanol–water partition coefficient (Wildman–Crippen LogP) is 7.81. The highest BCUT2D eigenvalue weighted by molar-refractivity contribution is 8.03. The van der Waals surface area contributed by atoms with Crippen molar-refractivity contribution in [3.63, 3.8) is 0 Å². The maximum Gasteiger partial charge on any atom is 0.417 e. The van der Waals surface area contributed by atoms with E-state index in [1.807, 2.05) is 71.9 Å². The Hall–Kier alpha value is -4.39. The van der Waals surface area contributed by atoms with Crippen LogP contribution < -0.4 is 15.5 Å². The van der Waals surface area contributed by atoms with E-state index in [2.05, 4.69) is 10.6 Å². The van der Waals surface area contributed by atoms with E-state index in [9.17, 15) is 26.4 Å². The van der Waals surface area contributed by atoms with Crippen molar-refractivity contribution in [2.75, 3.05) is 29.5 Å². The van der Waals surface area contributed by atoms with Gasteiger partial charge in [-0.25, -0.2) is 26.5 Å². The van der Waals surface area contributed by atoms with Crippen LogP contribution in [0, 0.1) is 0 Å². The molecule has 2 saturated heterocycles. The largest absolute Gasteiger partial charge is 0.443 e. The molecule has 17 heteroatoms. The summed E-state index contributed by atoms with van der Waals surface area (Å²) in [7, 11) is -8.48. The quantitative estimate of drug-likeness (QED) is 0.143. The first-order valence-corrected chi connectivity index (χ1v) is 26.0. The van der Waals surface area contributed by atoms with Gasteiger partial charge in [0.2, 0.25) is 30.9 Å². The van der Waals surface area contributed by atoms with Crippen LogP contribution in [0.5, 0.6) is 0 Å². The predicted molar refractivity (Wildman–Crippen MR) is 255 cm³/mol. The average Bonchev–Trinajstić information content (AvgIpc) is 3.92. The molecule has 2 fully saturated rings. The lowest BCUT2D eigenvalue weighted by Crippen LogP contribution is -2.67. The van der Waals surface area contributed by atoms with Crippen molar-refractivity contribution < 1.29 is 36.0 Å². The van der Waals surface area contributed by atoms with Gasteiger partial charge in [0.15, 0.2) is 0 Å². The fourth-order valence-corrected chi connectivity index (χ4v) is 13.9. The number of thioether (sulfide) groups is 2. The number of amides is 3. The lowest BCUT2D eigenvalue weighted by molar-refractivity contribution is -0.126. The minimum atomic E-state index is -4.47. The summed E-state index contributed by atoms with van der Waals surface area (Å²) in [6.45, 7) is 17.2. The number of nitrogens with one attached hydrogen (secondary N) is 2. The van der Waals surface area contributed by atoms with Gasteiger partial charge in [-0.3, -0.25) is 9.59 Å². The molecule has 4 aromatic rings. The van der Waals surface area contributed by atoms with Crippen molar-refractivity contribution in [3.05, 3.63) is 125 Å².